The highest BCUT2D eigenvalue weighted by Crippen LogP contribution is 2.31. The normalized spacial score (nSPS) is 15.6. The molecule has 1 radical (unpaired) electrons. The maximum Gasteiger partial charge on any atom is 0.145 e. The molecule has 16 heavy (non-hydrogen) atoms. The summed E-state index contributed by atoms with van der Waals surface area (Å²) in [5, 5.41) is 17.4. The average Bonchev–Trinajstić information content (AvgIpc) is 2.81. The van der Waals surface area contributed by atoms with Gasteiger partial charge in [-0.05, 0) is 5.22 Å². The Hall–Kier alpha value is -1.66. The van der Waals surface area contributed by atoms with Gasteiger partial charge in [0.2, 0.25) is 0 Å². The molecule has 2 heterocycles. The van der Waals surface area contributed by atoms with Gasteiger partial charge in [0.1, 0.15) is 23.2 Å². The van der Waals surface area contributed by atoms with Gasteiger partial charge >= 0.3 is 0 Å². The zero-order chi connectivity index (χ0) is 11.5. The van der Waals surface area contributed by atoms with E-state index >= 15 is 0 Å². The van der Waals surface area contributed by atoms with Crippen LogP contribution in [0, 0.1) is 0 Å². The molecule has 0 bridgehead atoms. The minimum absolute atomic E-state index is 0.313. The van der Waals surface area contributed by atoms with Gasteiger partial charge in [0.05, 0.1) is 18.3 Å². The molecular weight excluding hydrogens is 232 g/mol. The van der Waals surface area contributed by atoms with E-state index in [1.807, 2.05) is 0 Å². The van der Waals surface area contributed by atoms with Crippen LogP contribution in [0.15, 0.2) is 34.5 Å². The molecule has 2 rings (SSSR count). The number of aromatic nitrogens is 1. The van der Waals surface area contributed by atoms with Crippen molar-refractivity contribution in [2.45, 2.75) is 6.10 Å². The SMILES string of the molecule is COc1cc(Cl)cnc1C(O)C1=C[N]N=N1. The summed E-state index contributed by atoms with van der Waals surface area (Å²) in [4.78, 5) is 4.00. The van der Waals surface area contributed by atoms with Crippen LogP contribution in [0.4, 0.5) is 0 Å². The number of aliphatic hydroxyl groups excluding tert-OH is 1. The molecule has 1 aliphatic heterocycles. The summed E-state index contributed by atoms with van der Waals surface area (Å²) in [7, 11) is 1.47. The summed E-state index contributed by atoms with van der Waals surface area (Å²) in [5.41, 5.74) is 4.17. The summed E-state index contributed by atoms with van der Waals surface area (Å²) in [6.45, 7) is 0. The van der Waals surface area contributed by atoms with Crippen LogP contribution in [-0.2, 0) is 0 Å². The first-order valence-corrected chi connectivity index (χ1v) is 4.78. The Morgan fingerprint density at radius 2 is 2.31 bits per heavy atom. The van der Waals surface area contributed by atoms with Crippen molar-refractivity contribution in [3.8, 4) is 5.75 Å². The number of aliphatic hydroxyl groups is 1. The predicted molar refractivity (Wildman–Crippen MR) is 55.8 cm³/mol. The van der Waals surface area contributed by atoms with Crippen molar-refractivity contribution in [3.05, 3.63) is 34.9 Å². The highest BCUT2D eigenvalue weighted by atomic mass is 35.5. The second-order valence-electron chi connectivity index (χ2n) is 3.00. The summed E-state index contributed by atoms with van der Waals surface area (Å²) < 4.78 is 5.07. The van der Waals surface area contributed by atoms with Crippen molar-refractivity contribution in [1.29, 1.82) is 0 Å². The Balaban J connectivity index is 2.35. The maximum absolute atomic E-state index is 9.96. The predicted octanol–water partition coefficient (Wildman–Crippen LogP) is 1.60. The molecule has 1 unspecified atom stereocenters. The van der Waals surface area contributed by atoms with Crippen molar-refractivity contribution in [2.24, 2.45) is 10.3 Å². The number of hydrogen-bond donors (Lipinski definition) is 1. The van der Waals surface area contributed by atoms with Crippen molar-refractivity contribution in [2.75, 3.05) is 7.11 Å². The molecule has 6 nitrogen and oxygen atoms in total. The smallest absolute Gasteiger partial charge is 0.145 e. The maximum atomic E-state index is 9.96. The minimum atomic E-state index is -1.03. The van der Waals surface area contributed by atoms with Crippen molar-refractivity contribution < 1.29 is 9.84 Å². The number of ether oxygens (including phenoxy) is 1. The van der Waals surface area contributed by atoms with Gasteiger partial charge in [-0.1, -0.05) is 11.6 Å². The number of pyridine rings is 1. The monoisotopic (exact) mass is 239 g/mol. The van der Waals surface area contributed by atoms with E-state index in [1.165, 1.54) is 19.5 Å². The minimum Gasteiger partial charge on any atom is -0.495 e. The Morgan fingerprint density at radius 3 is 2.94 bits per heavy atom. The van der Waals surface area contributed by atoms with Gasteiger partial charge < -0.3 is 9.84 Å². The van der Waals surface area contributed by atoms with Gasteiger partial charge in [0, 0.05) is 12.3 Å². The van der Waals surface area contributed by atoms with Crippen LogP contribution in [0.25, 0.3) is 0 Å². The molecule has 0 aromatic carbocycles. The molecule has 83 valence electrons. The third kappa shape index (κ3) is 1.98. The molecule has 0 fully saturated rings. The molecule has 0 spiro atoms. The van der Waals surface area contributed by atoms with Crippen molar-refractivity contribution in [1.82, 2.24) is 10.4 Å². The van der Waals surface area contributed by atoms with E-state index in [0.717, 1.165) is 0 Å². The van der Waals surface area contributed by atoms with Gasteiger partial charge in [-0.2, -0.15) is 0 Å². The van der Waals surface area contributed by atoms with Gasteiger partial charge in [-0.15, -0.1) is 10.5 Å². The fourth-order valence-electron chi connectivity index (χ4n) is 1.25. The lowest BCUT2D eigenvalue weighted by molar-refractivity contribution is 0.203. The second-order valence-corrected chi connectivity index (χ2v) is 3.44. The van der Waals surface area contributed by atoms with E-state index in [-0.39, 0.29) is 0 Å². The standard InChI is InChI=1S/C9H8ClN4O2/c1-16-7-2-5(10)3-11-8(7)9(15)6-4-12-14-13-6/h2-4,9,15H,1H3. The van der Waals surface area contributed by atoms with Crippen molar-refractivity contribution in [3.63, 3.8) is 0 Å². The first-order valence-electron chi connectivity index (χ1n) is 4.41. The number of rotatable bonds is 3. The van der Waals surface area contributed by atoms with Crippen LogP contribution in [-0.4, -0.2) is 17.2 Å². The highest BCUT2D eigenvalue weighted by Gasteiger charge is 2.22. The Labute approximate surface area is 96.6 Å². The zero-order valence-corrected chi connectivity index (χ0v) is 9.09. The summed E-state index contributed by atoms with van der Waals surface area (Å²) >= 11 is 5.76. The van der Waals surface area contributed by atoms with Gasteiger partial charge in [-0.25, -0.2) is 0 Å². The topological polar surface area (TPSA) is 81.2 Å². The molecule has 1 N–H and O–H groups in total. The van der Waals surface area contributed by atoms with Gasteiger partial charge in [0.25, 0.3) is 0 Å². The van der Waals surface area contributed by atoms with Gasteiger partial charge in [0.15, 0.2) is 0 Å². The lowest BCUT2D eigenvalue weighted by Gasteiger charge is -2.12. The Morgan fingerprint density at radius 1 is 1.50 bits per heavy atom. The molecule has 7 heteroatoms. The van der Waals surface area contributed by atoms with Crippen molar-refractivity contribution >= 4 is 11.6 Å². The Kier molecular flexibility index (Phi) is 3.02. The third-order valence-electron chi connectivity index (χ3n) is 2.01. The lowest BCUT2D eigenvalue weighted by atomic mass is 10.1. The van der Waals surface area contributed by atoms with E-state index < -0.39 is 6.10 Å². The molecule has 1 aliphatic rings. The number of halogens is 1. The number of nitrogens with zero attached hydrogens (tertiary/aromatic N) is 4. The molecule has 1 atom stereocenters. The number of hydrogen-bond acceptors (Lipinski definition) is 5. The summed E-state index contributed by atoms with van der Waals surface area (Å²) in [5.74, 6) is 0.392. The largest absolute Gasteiger partial charge is 0.495 e. The molecule has 0 saturated heterocycles. The van der Waals surface area contributed by atoms with Crippen LogP contribution >= 0.6 is 11.6 Å². The zero-order valence-electron chi connectivity index (χ0n) is 8.33. The molecule has 1 aromatic heterocycles. The van der Waals surface area contributed by atoms with E-state index in [9.17, 15) is 5.11 Å². The molecule has 1 aromatic rings. The highest BCUT2D eigenvalue weighted by molar-refractivity contribution is 6.30. The lowest BCUT2D eigenvalue weighted by Crippen LogP contribution is -2.04. The first kappa shape index (κ1) is 10.8. The van der Waals surface area contributed by atoms with E-state index in [1.54, 1.807) is 6.07 Å². The van der Waals surface area contributed by atoms with Gasteiger partial charge in [-0.3, -0.25) is 4.98 Å². The molecular formula is C9H8ClN4O2. The van der Waals surface area contributed by atoms with E-state index in [0.29, 0.717) is 22.2 Å². The third-order valence-corrected chi connectivity index (χ3v) is 2.22. The molecule has 0 amide bonds. The fraction of sp³-hybridized carbons (Fsp3) is 0.222. The molecule has 0 saturated carbocycles. The summed E-state index contributed by atoms with van der Waals surface area (Å²) in [6, 6.07) is 1.57. The van der Waals surface area contributed by atoms with Crippen LogP contribution in [0.3, 0.4) is 0 Å². The van der Waals surface area contributed by atoms with E-state index in [4.69, 9.17) is 16.3 Å². The van der Waals surface area contributed by atoms with Crippen LogP contribution in [0.5, 0.6) is 5.75 Å². The summed E-state index contributed by atoms with van der Waals surface area (Å²) in [6.07, 6.45) is 1.76. The quantitative estimate of drug-likeness (QED) is 0.870. The first-order chi connectivity index (χ1) is 7.72. The van der Waals surface area contributed by atoms with E-state index in [2.05, 4.69) is 20.7 Å². The number of methoxy groups -OCH3 is 1. The molecule has 0 aliphatic carbocycles. The Bertz CT molecular complexity index is 461. The average molecular weight is 240 g/mol. The van der Waals surface area contributed by atoms with Crippen LogP contribution in [0.2, 0.25) is 5.02 Å². The fourth-order valence-corrected chi connectivity index (χ4v) is 1.40. The van der Waals surface area contributed by atoms with Crippen LogP contribution in [0.1, 0.15) is 11.8 Å². The second kappa shape index (κ2) is 4.46. The van der Waals surface area contributed by atoms with Crippen LogP contribution < -0.4 is 10.2 Å².